The summed E-state index contributed by atoms with van der Waals surface area (Å²) in [6.07, 6.45) is 0.679. The standard InChI is InChI=1S/C18H17IN2OS/c1-12-3-4-15(9-13(12)2)10-17-20-21-18(22-17)23-11-14-5-7-16(19)8-6-14/h3-9H,10-11H2,1-2H3. The average molecular weight is 436 g/mol. The van der Waals surface area contributed by atoms with Crippen LogP contribution in [-0.4, -0.2) is 10.2 Å². The molecule has 1 aromatic heterocycles. The van der Waals surface area contributed by atoms with Gasteiger partial charge in [-0.05, 0) is 70.8 Å². The van der Waals surface area contributed by atoms with Gasteiger partial charge in [-0.15, -0.1) is 10.2 Å². The Morgan fingerprint density at radius 2 is 1.70 bits per heavy atom. The molecule has 0 spiro atoms. The molecule has 0 aliphatic carbocycles. The maximum absolute atomic E-state index is 5.74. The monoisotopic (exact) mass is 436 g/mol. The molecule has 0 saturated carbocycles. The quantitative estimate of drug-likeness (QED) is 0.409. The summed E-state index contributed by atoms with van der Waals surface area (Å²) in [7, 11) is 0. The van der Waals surface area contributed by atoms with E-state index in [2.05, 4.69) is 89.1 Å². The van der Waals surface area contributed by atoms with E-state index >= 15 is 0 Å². The van der Waals surface area contributed by atoms with Crippen molar-refractivity contribution in [3.05, 3.63) is 74.2 Å². The van der Waals surface area contributed by atoms with E-state index in [0.29, 0.717) is 17.5 Å². The van der Waals surface area contributed by atoms with E-state index in [1.165, 1.54) is 25.8 Å². The second kappa shape index (κ2) is 7.49. The predicted molar refractivity (Wildman–Crippen MR) is 102 cm³/mol. The van der Waals surface area contributed by atoms with E-state index in [1.54, 1.807) is 11.8 Å². The molecule has 0 saturated heterocycles. The van der Waals surface area contributed by atoms with Gasteiger partial charge in [-0.3, -0.25) is 0 Å². The fraction of sp³-hybridized carbons (Fsp3) is 0.222. The highest BCUT2D eigenvalue weighted by molar-refractivity contribution is 14.1. The predicted octanol–water partition coefficient (Wildman–Crippen LogP) is 5.17. The number of rotatable bonds is 5. The van der Waals surface area contributed by atoms with Crippen molar-refractivity contribution in [1.29, 1.82) is 0 Å². The van der Waals surface area contributed by atoms with Crippen LogP contribution in [0.4, 0.5) is 0 Å². The summed E-state index contributed by atoms with van der Waals surface area (Å²) >= 11 is 3.88. The molecule has 2 aromatic carbocycles. The lowest BCUT2D eigenvalue weighted by molar-refractivity contribution is 0.420. The van der Waals surface area contributed by atoms with Crippen molar-refractivity contribution in [1.82, 2.24) is 10.2 Å². The third-order valence-corrected chi connectivity index (χ3v) is 5.26. The molecule has 0 atom stereocenters. The normalized spacial score (nSPS) is 10.9. The minimum absolute atomic E-state index is 0.627. The van der Waals surface area contributed by atoms with Gasteiger partial charge in [-0.1, -0.05) is 42.1 Å². The van der Waals surface area contributed by atoms with Crippen molar-refractivity contribution in [3.63, 3.8) is 0 Å². The van der Waals surface area contributed by atoms with Crippen LogP contribution in [0, 0.1) is 17.4 Å². The van der Waals surface area contributed by atoms with Gasteiger partial charge in [0.25, 0.3) is 5.22 Å². The highest BCUT2D eigenvalue weighted by atomic mass is 127. The lowest BCUT2D eigenvalue weighted by atomic mass is 10.0. The number of aromatic nitrogens is 2. The summed E-state index contributed by atoms with van der Waals surface area (Å²) in [5.41, 5.74) is 5.04. The van der Waals surface area contributed by atoms with Crippen LogP contribution in [0.2, 0.25) is 0 Å². The van der Waals surface area contributed by atoms with Gasteiger partial charge in [-0.25, -0.2) is 0 Å². The Balaban J connectivity index is 1.61. The number of hydrogen-bond acceptors (Lipinski definition) is 4. The molecule has 0 radical (unpaired) electrons. The molecule has 5 heteroatoms. The van der Waals surface area contributed by atoms with Gasteiger partial charge in [0, 0.05) is 9.32 Å². The van der Waals surface area contributed by atoms with Gasteiger partial charge in [-0.2, -0.15) is 0 Å². The number of hydrogen-bond donors (Lipinski definition) is 0. The highest BCUT2D eigenvalue weighted by Gasteiger charge is 2.08. The van der Waals surface area contributed by atoms with Gasteiger partial charge in [0.2, 0.25) is 5.89 Å². The summed E-state index contributed by atoms with van der Waals surface area (Å²) in [5, 5.41) is 8.91. The van der Waals surface area contributed by atoms with E-state index in [0.717, 1.165) is 5.75 Å². The smallest absolute Gasteiger partial charge is 0.276 e. The lowest BCUT2D eigenvalue weighted by Gasteiger charge is -2.02. The molecule has 1 heterocycles. The maximum Gasteiger partial charge on any atom is 0.276 e. The molecule has 118 valence electrons. The first-order valence-corrected chi connectivity index (χ1v) is 9.42. The molecule has 3 aromatic rings. The van der Waals surface area contributed by atoms with Crippen molar-refractivity contribution in [2.24, 2.45) is 0 Å². The largest absolute Gasteiger partial charge is 0.416 e. The third-order valence-electron chi connectivity index (χ3n) is 3.65. The first-order chi connectivity index (χ1) is 11.1. The molecule has 3 rings (SSSR count). The molecule has 0 N–H and O–H groups in total. The van der Waals surface area contributed by atoms with Crippen LogP contribution >= 0.6 is 34.4 Å². The molecular weight excluding hydrogens is 419 g/mol. The zero-order chi connectivity index (χ0) is 16.2. The lowest BCUT2D eigenvalue weighted by Crippen LogP contribution is -1.90. The van der Waals surface area contributed by atoms with Crippen LogP contribution in [0.15, 0.2) is 52.1 Å². The van der Waals surface area contributed by atoms with Crippen molar-refractivity contribution in [2.75, 3.05) is 0 Å². The first kappa shape index (κ1) is 16.5. The second-order valence-corrected chi connectivity index (χ2v) is 7.64. The van der Waals surface area contributed by atoms with Gasteiger partial charge in [0.1, 0.15) is 0 Å². The van der Waals surface area contributed by atoms with Gasteiger partial charge in [0.15, 0.2) is 0 Å². The summed E-state index contributed by atoms with van der Waals surface area (Å²) < 4.78 is 6.98. The number of aryl methyl sites for hydroxylation is 2. The van der Waals surface area contributed by atoms with E-state index in [9.17, 15) is 0 Å². The Morgan fingerprint density at radius 3 is 2.43 bits per heavy atom. The highest BCUT2D eigenvalue weighted by Crippen LogP contribution is 2.23. The van der Waals surface area contributed by atoms with E-state index in [1.807, 2.05) is 0 Å². The molecule has 3 nitrogen and oxygen atoms in total. The second-order valence-electron chi connectivity index (χ2n) is 5.47. The first-order valence-electron chi connectivity index (χ1n) is 7.36. The van der Waals surface area contributed by atoms with Crippen molar-refractivity contribution >= 4 is 34.4 Å². The van der Waals surface area contributed by atoms with Gasteiger partial charge in [0.05, 0.1) is 6.42 Å². The summed E-state index contributed by atoms with van der Waals surface area (Å²) in [4.78, 5) is 0. The van der Waals surface area contributed by atoms with Crippen LogP contribution in [0.1, 0.15) is 28.1 Å². The average Bonchev–Trinajstić information content (AvgIpc) is 2.98. The fourth-order valence-corrected chi connectivity index (χ4v) is 3.28. The molecule has 0 bridgehead atoms. The van der Waals surface area contributed by atoms with Crippen LogP contribution in [0.3, 0.4) is 0 Å². The third kappa shape index (κ3) is 4.57. The molecule has 0 unspecified atom stereocenters. The molecule has 0 fully saturated rings. The molecular formula is C18H17IN2OS. The van der Waals surface area contributed by atoms with Crippen LogP contribution in [-0.2, 0) is 12.2 Å². The Kier molecular flexibility index (Phi) is 5.38. The van der Waals surface area contributed by atoms with Crippen LogP contribution in [0.5, 0.6) is 0 Å². The molecule has 0 aliphatic rings. The number of nitrogens with zero attached hydrogens (tertiary/aromatic N) is 2. The van der Waals surface area contributed by atoms with Crippen molar-refractivity contribution in [3.8, 4) is 0 Å². The summed E-state index contributed by atoms with van der Waals surface area (Å²) in [5.74, 6) is 1.50. The van der Waals surface area contributed by atoms with Gasteiger partial charge >= 0.3 is 0 Å². The molecule has 23 heavy (non-hydrogen) atoms. The zero-order valence-corrected chi connectivity index (χ0v) is 16.0. The number of halogens is 1. The summed E-state index contributed by atoms with van der Waals surface area (Å²) in [6.45, 7) is 4.24. The van der Waals surface area contributed by atoms with E-state index < -0.39 is 0 Å². The zero-order valence-electron chi connectivity index (χ0n) is 13.0. The van der Waals surface area contributed by atoms with E-state index in [-0.39, 0.29) is 0 Å². The number of benzene rings is 2. The Morgan fingerprint density at radius 1 is 0.957 bits per heavy atom. The molecule has 0 aliphatic heterocycles. The summed E-state index contributed by atoms with van der Waals surface area (Å²) in [6, 6.07) is 14.9. The minimum Gasteiger partial charge on any atom is -0.416 e. The SMILES string of the molecule is Cc1ccc(Cc2nnc(SCc3ccc(I)cc3)o2)cc1C. The topological polar surface area (TPSA) is 38.9 Å². The van der Waals surface area contributed by atoms with Crippen LogP contribution in [0.25, 0.3) is 0 Å². The Hall–Kier alpha value is -1.34. The fourth-order valence-electron chi connectivity index (χ4n) is 2.18. The number of thioether (sulfide) groups is 1. The van der Waals surface area contributed by atoms with E-state index in [4.69, 9.17) is 4.42 Å². The van der Waals surface area contributed by atoms with Crippen molar-refractivity contribution < 1.29 is 4.42 Å². The molecule has 0 amide bonds. The van der Waals surface area contributed by atoms with Gasteiger partial charge < -0.3 is 4.42 Å². The minimum atomic E-state index is 0.627. The van der Waals surface area contributed by atoms with Crippen molar-refractivity contribution in [2.45, 2.75) is 31.2 Å². The maximum atomic E-state index is 5.74. The Bertz CT molecular complexity index is 799. The van der Waals surface area contributed by atoms with Crippen LogP contribution < -0.4 is 0 Å². The Labute approximate surface area is 154 Å².